The first-order chi connectivity index (χ1) is 16.4. The third-order valence-corrected chi connectivity index (χ3v) is 8.18. The van der Waals surface area contributed by atoms with Crippen LogP contribution in [0.5, 0.6) is 0 Å². The molecule has 9 heteroatoms. The maximum absolute atomic E-state index is 14.1. The molecule has 2 aromatic carbocycles. The van der Waals surface area contributed by atoms with E-state index in [1.54, 1.807) is 17.9 Å². The van der Waals surface area contributed by atoms with Crippen LogP contribution in [0, 0.1) is 28.9 Å². The molecular formula is C25H24N4O5. The van der Waals surface area contributed by atoms with Crippen molar-refractivity contribution in [3.63, 3.8) is 0 Å². The number of likely N-dealkylation sites (N-methyl/N-ethyl adjacent to an activating group) is 1. The first kappa shape index (κ1) is 21.0. The molecular weight excluding hydrogens is 436 g/mol. The first-order valence-electron chi connectivity index (χ1n) is 11.7. The molecule has 3 fully saturated rings. The van der Waals surface area contributed by atoms with E-state index < -0.39 is 28.2 Å². The molecule has 3 amide bonds. The fourth-order valence-corrected chi connectivity index (χ4v) is 6.94. The standard InChI is InChI=1S/C25H24N4O5/c1-3-26-18-9-5-4-8-15(18)25(24(26)32)21-20(19-12-7-13-27(19)25)22(30)28(23(21)31)16-10-6-11-17(14(16)2)29(33)34/h4-6,8-11,19-21H,3,7,12-13H2,1-2H3/t19-,20+,21-,25+/m0/s1. The maximum Gasteiger partial charge on any atom is 0.274 e. The van der Waals surface area contributed by atoms with Crippen LogP contribution in [0.1, 0.15) is 30.9 Å². The zero-order valence-corrected chi connectivity index (χ0v) is 18.9. The number of carbonyl (C=O) groups is 3. The smallest absolute Gasteiger partial charge is 0.274 e. The number of para-hydroxylation sites is 1. The van der Waals surface area contributed by atoms with Gasteiger partial charge in [-0.25, -0.2) is 4.90 Å². The van der Waals surface area contributed by atoms with Crippen LogP contribution in [-0.2, 0) is 19.9 Å². The number of hydrogen-bond acceptors (Lipinski definition) is 6. The van der Waals surface area contributed by atoms with E-state index in [0.717, 1.165) is 29.0 Å². The molecule has 4 atom stereocenters. The van der Waals surface area contributed by atoms with Crippen molar-refractivity contribution < 1.29 is 19.3 Å². The second-order valence-corrected chi connectivity index (χ2v) is 9.43. The van der Waals surface area contributed by atoms with E-state index in [4.69, 9.17) is 0 Å². The number of fused-ring (bicyclic) bond motifs is 7. The van der Waals surface area contributed by atoms with E-state index in [2.05, 4.69) is 4.90 Å². The van der Waals surface area contributed by atoms with Crippen molar-refractivity contribution in [2.24, 2.45) is 11.8 Å². The summed E-state index contributed by atoms with van der Waals surface area (Å²) in [6.07, 6.45) is 1.57. The molecule has 2 aromatic rings. The van der Waals surface area contributed by atoms with Gasteiger partial charge in [-0.2, -0.15) is 0 Å². The average molecular weight is 460 g/mol. The van der Waals surface area contributed by atoms with Gasteiger partial charge in [-0.05, 0) is 45.4 Å². The second kappa shape index (κ2) is 6.96. The molecule has 1 spiro atoms. The molecule has 0 bridgehead atoms. The van der Waals surface area contributed by atoms with Gasteiger partial charge in [0.05, 0.1) is 28.0 Å². The van der Waals surface area contributed by atoms with E-state index in [1.165, 1.54) is 12.1 Å². The molecule has 3 saturated heterocycles. The van der Waals surface area contributed by atoms with Crippen molar-refractivity contribution in [3.05, 3.63) is 63.7 Å². The Kier molecular flexibility index (Phi) is 4.29. The number of hydrogen-bond donors (Lipinski definition) is 0. The van der Waals surface area contributed by atoms with E-state index in [-0.39, 0.29) is 34.8 Å². The van der Waals surface area contributed by atoms with Gasteiger partial charge in [0.1, 0.15) is 5.54 Å². The zero-order chi connectivity index (χ0) is 23.9. The number of nitro groups is 1. The number of nitro benzene ring substituents is 1. The Labute approximate surface area is 196 Å². The predicted molar refractivity (Wildman–Crippen MR) is 123 cm³/mol. The molecule has 0 saturated carbocycles. The number of anilines is 2. The minimum Gasteiger partial charge on any atom is -0.310 e. The van der Waals surface area contributed by atoms with Gasteiger partial charge in [-0.1, -0.05) is 24.3 Å². The monoisotopic (exact) mass is 460 g/mol. The number of nitrogens with zero attached hydrogens (tertiary/aromatic N) is 4. The Bertz CT molecular complexity index is 1290. The Morgan fingerprint density at radius 2 is 1.79 bits per heavy atom. The summed E-state index contributed by atoms with van der Waals surface area (Å²) >= 11 is 0. The Morgan fingerprint density at radius 3 is 2.53 bits per heavy atom. The zero-order valence-electron chi connectivity index (χ0n) is 18.9. The minimum absolute atomic E-state index is 0.146. The molecule has 4 aliphatic heterocycles. The summed E-state index contributed by atoms with van der Waals surface area (Å²) in [6, 6.07) is 11.7. The highest BCUT2D eigenvalue weighted by atomic mass is 16.6. The fraction of sp³-hybridized carbons (Fsp3) is 0.400. The van der Waals surface area contributed by atoms with Crippen LogP contribution >= 0.6 is 0 Å². The number of imide groups is 1. The molecule has 9 nitrogen and oxygen atoms in total. The van der Waals surface area contributed by atoms with Gasteiger partial charge in [0, 0.05) is 29.9 Å². The van der Waals surface area contributed by atoms with Crippen molar-refractivity contribution in [2.75, 3.05) is 22.9 Å². The largest absolute Gasteiger partial charge is 0.310 e. The fourth-order valence-electron chi connectivity index (χ4n) is 6.94. The quantitative estimate of drug-likeness (QED) is 0.396. The molecule has 6 rings (SSSR count). The van der Waals surface area contributed by atoms with Crippen LogP contribution in [0.25, 0.3) is 0 Å². The summed E-state index contributed by atoms with van der Waals surface area (Å²) in [5.74, 6) is -2.51. The van der Waals surface area contributed by atoms with Crippen molar-refractivity contribution in [1.82, 2.24) is 4.90 Å². The number of carbonyl (C=O) groups excluding carboxylic acids is 3. The third kappa shape index (κ3) is 2.25. The molecule has 4 heterocycles. The van der Waals surface area contributed by atoms with E-state index in [9.17, 15) is 24.5 Å². The van der Waals surface area contributed by atoms with Crippen LogP contribution in [0.4, 0.5) is 17.1 Å². The van der Waals surface area contributed by atoms with Crippen molar-refractivity contribution in [2.45, 2.75) is 38.3 Å². The summed E-state index contributed by atoms with van der Waals surface area (Å²) in [6.45, 7) is 4.56. The topological polar surface area (TPSA) is 104 Å². The molecule has 0 radical (unpaired) electrons. The Morgan fingerprint density at radius 1 is 1.06 bits per heavy atom. The van der Waals surface area contributed by atoms with Crippen molar-refractivity contribution >= 4 is 34.8 Å². The van der Waals surface area contributed by atoms with Gasteiger partial charge in [-0.15, -0.1) is 0 Å². The normalized spacial score (nSPS) is 29.8. The maximum atomic E-state index is 14.1. The minimum atomic E-state index is -1.23. The van der Waals surface area contributed by atoms with Gasteiger partial charge in [-0.3, -0.25) is 29.4 Å². The molecule has 174 valence electrons. The summed E-state index contributed by atoms with van der Waals surface area (Å²) < 4.78 is 0. The van der Waals surface area contributed by atoms with E-state index in [1.807, 2.05) is 31.2 Å². The van der Waals surface area contributed by atoms with Gasteiger partial charge < -0.3 is 4.90 Å². The van der Waals surface area contributed by atoms with Crippen LogP contribution in [0.2, 0.25) is 0 Å². The molecule has 0 aromatic heterocycles. The summed E-state index contributed by atoms with van der Waals surface area (Å²) in [5, 5.41) is 11.5. The van der Waals surface area contributed by atoms with Crippen molar-refractivity contribution in [1.29, 1.82) is 0 Å². The Hall–Kier alpha value is -3.59. The average Bonchev–Trinajstić information content (AvgIpc) is 3.52. The predicted octanol–water partition coefficient (Wildman–Crippen LogP) is 2.75. The number of rotatable bonds is 3. The SMILES string of the molecule is CCN1C(=O)[C@@]2(c3ccccc31)[C@@H]1C(=O)N(c3cccc([N+](=O)[O-])c3C)C(=O)[C@@H]1[C@@H]1CCCN12. The van der Waals surface area contributed by atoms with E-state index in [0.29, 0.717) is 13.1 Å². The lowest BCUT2D eigenvalue weighted by atomic mass is 9.75. The summed E-state index contributed by atoms with van der Waals surface area (Å²) in [5.41, 5.74) is 0.678. The molecule has 0 N–H and O–H groups in total. The van der Waals surface area contributed by atoms with Gasteiger partial charge in [0.15, 0.2) is 0 Å². The van der Waals surface area contributed by atoms with Gasteiger partial charge >= 0.3 is 0 Å². The second-order valence-electron chi connectivity index (χ2n) is 9.43. The van der Waals surface area contributed by atoms with E-state index >= 15 is 0 Å². The summed E-state index contributed by atoms with van der Waals surface area (Å²) in [7, 11) is 0. The third-order valence-electron chi connectivity index (χ3n) is 8.18. The van der Waals surface area contributed by atoms with Gasteiger partial charge in [0.25, 0.3) is 11.6 Å². The number of benzene rings is 2. The molecule has 0 unspecified atom stereocenters. The highest BCUT2D eigenvalue weighted by Crippen LogP contribution is 2.62. The lowest BCUT2D eigenvalue weighted by molar-refractivity contribution is -0.385. The lowest BCUT2D eigenvalue weighted by Crippen LogP contribution is -2.56. The molecule has 4 aliphatic rings. The highest BCUT2D eigenvalue weighted by Gasteiger charge is 2.75. The van der Waals surface area contributed by atoms with Crippen LogP contribution in [0.15, 0.2) is 42.5 Å². The Balaban J connectivity index is 1.56. The molecule has 34 heavy (non-hydrogen) atoms. The van der Waals surface area contributed by atoms with Crippen LogP contribution in [0.3, 0.4) is 0 Å². The van der Waals surface area contributed by atoms with Gasteiger partial charge in [0.2, 0.25) is 11.8 Å². The lowest BCUT2D eigenvalue weighted by Gasteiger charge is -2.37. The van der Waals surface area contributed by atoms with Crippen LogP contribution < -0.4 is 9.80 Å². The molecule has 0 aliphatic carbocycles. The highest BCUT2D eigenvalue weighted by molar-refractivity contribution is 6.26. The van der Waals surface area contributed by atoms with Crippen molar-refractivity contribution in [3.8, 4) is 0 Å². The van der Waals surface area contributed by atoms with Crippen LogP contribution in [-0.4, -0.2) is 46.7 Å². The first-order valence-corrected chi connectivity index (χ1v) is 11.7. The number of amides is 3. The summed E-state index contributed by atoms with van der Waals surface area (Å²) in [4.78, 5) is 58.0.